The van der Waals surface area contributed by atoms with Crippen LogP contribution in [0.2, 0.25) is 5.32 Å². The van der Waals surface area contributed by atoms with E-state index in [0.717, 1.165) is 30.4 Å². The van der Waals surface area contributed by atoms with Gasteiger partial charge >= 0.3 is 138 Å². The van der Waals surface area contributed by atoms with E-state index in [9.17, 15) is 4.79 Å². The summed E-state index contributed by atoms with van der Waals surface area (Å²) in [6, 6.07) is 20.7. The Balaban J connectivity index is 1.61. The zero-order valence-electron chi connectivity index (χ0n) is 12.4. The van der Waals surface area contributed by atoms with Gasteiger partial charge in [0.15, 0.2) is 0 Å². The second-order valence-electron chi connectivity index (χ2n) is 5.33. The summed E-state index contributed by atoms with van der Waals surface area (Å²) in [7, 11) is 0. The predicted octanol–water partition coefficient (Wildman–Crippen LogP) is 2.79. The monoisotopic (exact) mass is 357 g/mol. The number of carbonyl (C=O) groups is 1. The van der Waals surface area contributed by atoms with Crippen LogP contribution >= 0.6 is 0 Å². The first-order valence-electron chi connectivity index (χ1n) is 7.53. The third-order valence-corrected chi connectivity index (χ3v) is 5.93. The van der Waals surface area contributed by atoms with E-state index in [1.54, 1.807) is 0 Å². The number of benzene rings is 2. The van der Waals surface area contributed by atoms with Gasteiger partial charge in [0.25, 0.3) is 0 Å². The van der Waals surface area contributed by atoms with E-state index in [0.29, 0.717) is 15.0 Å². The maximum absolute atomic E-state index is 12.6. The summed E-state index contributed by atoms with van der Waals surface area (Å²) in [6.07, 6.45) is 3.10. The molecule has 0 bridgehead atoms. The number of nitrogens with zero attached hydrogens (tertiary/aromatic N) is 1. The van der Waals surface area contributed by atoms with Gasteiger partial charge in [0, 0.05) is 0 Å². The van der Waals surface area contributed by atoms with Crippen LogP contribution in [0.1, 0.15) is 12.0 Å². The van der Waals surface area contributed by atoms with E-state index in [-0.39, 0.29) is 5.91 Å². The molecular formula is C19H19NOSe. The maximum atomic E-state index is 12.6. The fourth-order valence-electron chi connectivity index (χ4n) is 2.54. The summed E-state index contributed by atoms with van der Waals surface area (Å²) in [5.41, 5.74) is 2.19. The average Bonchev–Trinajstić information content (AvgIpc) is 2.58. The fraction of sp³-hybridized carbons (Fsp3) is 0.211. The van der Waals surface area contributed by atoms with Gasteiger partial charge < -0.3 is 0 Å². The molecule has 112 valence electrons. The van der Waals surface area contributed by atoms with Crippen molar-refractivity contribution in [3.63, 3.8) is 0 Å². The normalized spacial score (nSPS) is 14.8. The van der Waals surface area contributed by atoms with Gasteiger partial charge in [-0.15, -0.1) is 0 Å². The Labute approximate surface area is 138 Å². The van der Waals surface area contributed by atoms with E-state index in [1.165, 1.54) is 10.0 Å². The van der Waals surface area contributed by atoms with Crippen molar-refractivity contribution in [3.05, 3.63) is 77.9 Å². The summed E-state index contributed by atoms with van der Waals surface area (Å²) in [6.45, 7) is 1.55. The van der Waals surface area contributed by atoms with Crippen LogP contribution in [-0.4, -0.2) is 32.3 Å². The second kappa shape index (κ2) is 7.44. The quantitative estimate of drug-likeness (QED) is 0.755. The van der Waals surface area contributed by atoms with Crippen molar-refractivity contribution in [3.8, 4) is 0 Å². The Morgan fingerprint density at radius 1 is 0.955 bits per heavy atom. The molecule has 0 atom stereocenters. The summed E-state index contributed by atoms with van der Waals surface area (Å²) in [5, 5.41) is 0.890. The Morgan fingerprint density at radius 2 is 1.64 bits per heavy atom. The Bertz CT molecular complexity index is 652. The van der Waals surface area contributed by atoms with Crippen LogP contribution in [0.5, 0.6) is 0 Å². The van der Waals surface area contributed by atoms with Crippen LogP contribution in [0.3, 0.4) is 0 Å². The molecule has 0 spiro atoms. The predicted molar refractivity (Wildman–Crippen MR) is 91.2 cm³/mol. The molecule has 0 N–H and O–H groups in total. The van der Waals surface area contributed by atoms with Crippen LogP contribution in [0.25, 0.3) is 0 Å². The molecule has 22 heavy (non-hydrogen) atoms. The van der Waals surface area contributed by atoms with Crippen molar-refractivity contribution < 1.29 is 4.79 Å². The number of rotatable bonds is 5. The Morgan fingerprint density at radius 3 is 2.36 bits per heavy atom. The molecule has 0 fully saturated rings. The third-order valence-electron chi connectivity index (χ3n) is 3.71. The van der Waals surface area contributed by atoms with Gasteiger partial charge in [0.1, 0.15) is 0 Å². The molecule has 3 rings (SSSR count). The van der Waals surface area contributed by atoms with Crippen molar-refractivity contribution in [2.75, 3.05) is 6.54 Å². The van der Waals surface area contributed by atoms with Crippen molar-refractivity contribution in [2.45, 2.75) is 18.3 Å². The topological polar surface area (TPSA) is 20.3 Å². The number of hydrogen-bond acceptors (Lipinski definition) is 1. The Hall–Kier alpha value is -1.83. The molecule has 0 radical (unpaired) electrons. The van der Waals surface area contributed by atoms with Crippen molar-refractivity contribution in [1.29, 1.82) is 0 Å². The molecule has 2 aromatic rings. The van der Waals surface area contributed by atoms with Gasteiger partial charge in [0.05, 0.1) is 0 Å². The van der Waals surface area contributed by atoms with Gasteiger partial charge in [-0.05, 0) is 0 Å². The van der Waals surface area contributed by atoms with Crippen molar-refractivity contribution in [1.82, 2.24) is 4.90 Å². The van der Waals surface area contributed by atoms with Crippen LogP contribution in [0.4, 0.5) is 0 Å². The molecule has 3 heteroatoms. The molecule has 1 amide bonds. The molecule has 2 nitrogen and oxygen atoms in total. The van der Waals surface area contributed by atoms with E-state index >= 15 is 0 Å². The minimum absolute atomic E-state index is 0.216. The van der Waals surface area contributed by atoms with Crippen LogP contribution in [-0.2, 0) is 11.3 Å². The van der Waals surface area contributed by atoms with Gasteiger partial charge in [-0.1, -0.05) is 0 Å². The summed E-state index contributed by atoms with van der Waals surface area (Å²) >= 11 is 0.332. The van der Waals surface area contributed by atoms with E-state index in [1.807, 2.05) is 29.2 Å². The fourth-order valence-corrected chi connectivity index (χ4v) is 4.46. The summed E-state index contributed by atoms with van der Waals surface area (Å²) in [4.78, 5) is 14.6. The van der Waals surface area contributed by atoms with Gasteiger partial charge in [-0.2, -0.15) is 0 Å². The van der Waals surface area contributed by atoms with E-state index in [2.05, 4.69) is 42.5 Å². The molecular weight excluding hydrogens is 337 g/mol. The molecule has 2 aromatic carbocycles. The standard InChI is InChI=1S/C19H19NOSe/c21-19-17(15-22-18-11-5-2-6-12-18)10-7-13-20(19)14-16-8-3-1-4-9-16/h1-6,8-12H,7,13-15H2. The van der Waals surface area contributed by atoms with Crippen LogP contribution in [0.15, 0.2) is 72.3 Å². The molecule has 1 aliphatic rings. The average molecular weight is 356 g/mol. The molecule has 0 saturated carbocycles. The molecule has 1 aliphatic heterocycles. The second-order valence-corrected chi connectivity index (χ2v) is 7.53. The third kappa shape index (κ3) is 3.88. The van der Waals surface area contributed by atoms with Crippen LogP contribution in [0, 0.1) is 0 Å². The van der Waals surface area contributed by atoms with Gasteiger partial charge in [0.2, 0.25) is 0 Å². The van der Waals surface area contributed by atoms with Crippen molar-refractivity contribution >= 4 is 25.3 Å². The first-order valence-corrected chi connectivity index (χ1v) is 9.60. The summed E-state index contributed by atoms with van der Waals surface area (Å²) < 4.78 is 1.35. The SMILES string of the molecule is O=C1C(C[Se]c2ccccc2)=CCCN1Cc1ccccc1. The van der Waals surface area contributed by atoms with Gasteiger partial charge in [-0.25, -0.2) is 0 Å². The molecule has 0 unspecified atom stereocenters. The number of amides is 1. The zero-order valence-corrected chi connectivity index (χ0v) is 14.2. The van der Waals surface area contributed by atoms with Crippen molar-refractivity contribution in [2.24, 2.45) is 0 Å². The summed E-state index contributed by atoms with van der Waals surface area (Å²) in [5.74, 6) is 0.216. The van der Waals surface area contributed by atoms with Crippen LogP contribution < -0.4 is 4.46 Å². The van der Waals surface area contributed by atoms with Gasteiger partial charge in [-0.3, -0.25) is 0 Å². The number of hydrogen-bond donors (Lipinski definition) is 0. The number of carbonyl (C=O) groups excluding carboxylic acids is 1. The zero-order chi connectivity index (χ0) is 15.2. The molecule has 1 heterocycles. The molecule has 0 aliphatic carbocycles. The minimum atomic E-state index is 0.216. The molecule has 0 aromatic heterocycles. The van der Waals surface area contributed by atoms with E-state index in [4.69, 9.17) is 0 Å². The van der Waals surface area contributed by atoms with E-state index < -0.39 is 0 Å². The molecule has 0 saturated heterocycles. The Kier molecular flexibility index (Phi) is 5.10. The first kappa shape index (κ1) is 15.1. The first-order chi connectivity index (χ1) is 10.8.